The lowest BCUT2D eigenvalue weighted by molar-refractivity contribution is 0.140. The maximum Gasteiger partial charge on any atom is 0.0591 e. The number of nitrogens with one attached hydrogen (secondary N) is 1. The SMILES string of the molecule is C=CCCOCCNCc1ccccn1. The fourth-order valence-corrected chi connectivity index (χ4v) is 1.13. The van der Waals surface area contributed by atoms with E-state index in [-0.39, 0.29) is 0 Å². The average Bonchev–Trinajstić information content (AvgIpc) is 2.29. The number of pyridine rings is 1. The van der Waals surface area contributed by atoms with Gasteiger partial charge in [0, 0.05) is 19.3 Å². The average molecular weight is 206 g/mol. The highest BCUT2D eigenvalue weighted by molar-refractivity contribution is 5.02. The summed E-state index contributed by atoms with van der Waals surface area (Å²) in [5, 5.41) is 3.27. The van der Waals surface area contributed by atoms with Crippen molar-refractivity contribution in [3.8, 4) is 0 Å². The molecule has 0 amide bonds. The third-order valence-corrected chi connectivity index (χ3v) is 1.92. The minimum atomic E-state index is 0.737. The van der Waals surface area contributed by atoms with Crippen molar-refractivity contribution in [3.05, 3.63) is 42.7 Å². The number of nitrogens with zero attached hydrogens (tertiary/aromatic N) is 1. The summed E-state index contributed by atoms with van der Waals surface area (Å²) in [6.07, 6.45) is 4.58. The summed E-state index contributed by atoms with van der Waals surface area (Å²) in [6.45, 7) is 6.78. The fourth-order valence-electron chi connectivity index (χ4n) is 1.13. The molecule has 0 radical (unpaired) electrons. The smallest absolute Gasteiger partial charge is 0.0591 e. The summed E-state index contributed by atoms with van der Waals surface area (Å²) in [7, 11) is 0. The van der Waals surface area contributed by atoms with Crippen molar-refractivity contribution < 1.29 is 4.74 Å². The van der Waals surface area contributed by atoms with Gasteiger partial charge < -0.3 is 10.1 Å². The van der Waals surface area contributed by atoms with E-state index in [2.05, 4.69) is 16.9 Å². The lowest BCUT2D eigenvalue weighted by Crippen LogP contribution is -2.19. The van der Waals surface area contributed by atoms with E-state index in [4.69, 9.17) is 4.74 Å². The first kappa shape index (κ1) is 11.9. The van der Waals surface area contributed by atoms with E-state index < -0.39 is 0 Å². The third kappa shape index (κ3) is 5.99. The van der Waals surface area contributed by atoms with Crippen LogP contribution in [0.25, 0.3) is 0 Å². The van der Waals surface area contributed by atoms with E-state index in [1.54, 1.807) is 6.20 Å². The Bertz CT molecular complexity index is 262. The number of ether oxygens (including phenoxy) is 1. The van der Waals surface area contributed by atoms with Gasteiger partial charge in [0.2, 0.25) is 0 Å². The van der Waals surface area contributed by atoms with Crippen LogP contribution in [0.5, 0.6) is 0 Å². The second-order valence-electron chi connectivity index (χ2n) is 3.19. The van der Waals surface area contributed by atoms with Gasteiger partial charge in [0.15, 0.2) is 0 Å². The Labute approximate surface area is 91.2 Å². The molecule has 1 N–H and O–H groups in total. The Hall–Kier alpha value is -1.19. The molecule has 0 spiro atoms. The molecular formula is C12H18N2O. The van der Waals surface area contributed by atoms with E-state index >= 15 is 0 Å². The summed E-state index contributed by atoms with van der Waals surface area (Å²) in [4.78, 5) is 4.21. The molecule has 15 heavy (non-hydrogen) atoms. The Morgan fingerprint density at radius 1 is 1.40 bits per heavy atom. The highest BCUT2D eigenvalue weighted by atomic mass is 16.5. The summed E-state index contributed by atoms with van der Waals surface area (Å²) < 4.78 is 5.36. The second kappa shape index (κ2) is 8.15. The van der Waals surface area contributed by atoms with E-state index in [0.29, 0.717) is 0 Å². The normalized spacial score (nSPS) is 10.1. The number of aromatic nitrogens is 1. The molecule has 1 heterocycles. The van der Waals surface area contributed by atoms with Gasteiger partial charge in [-0.1, -0.05) is 12.1 Å². The van der Waals surface area contributed by atoms with Gasteiger partial charge in [0.05, 0.1) is 18.9 Å². The molecule has 1 aromatic rings. The standard InChI is InChI=1S/C12H18N2O/c1-2-3-9-15-10-8-13-11-12-6-4-5-7-14-12/h2,4-7,13H,1,3,8-11H2. The van der Waals surface area contributed by atoms with Crippen molar-refractivity contribution >= 4 is 0 Å². The van der Waals surface area contributed by atoms with Gasteiger partial charge in [-0.15, -0.1) is 6.58 Å². The van der Waals surface area contributed by atoms with Crippen molar-refractivity contribution in [2.24, 2.45) is 0 Å². The minimum Gasteiger partial charge on any atom is -0.380 e. The first-order valence-corrected chi connectivity index (χ1v) is 5.22. The van der Waals surface area contributed by atoms with Gasteiger partial charge in [-0.2, -0.15) is 0 Å². The molecule has 3 nitrogen and oxygen atoms in total. The lowest BCUT2D eigenvalue weighted by atomic mass is 10.3. The molecule has 0 saturated heterocycles. The molecule has 0 aromatic carbocycles. The van der Waals surface area contributed by atoms with Crippen molar-refractivity contribution in [2.45, 2.75) is 13.0 Å². The first-order valence-electron chi connectivity index (χ1n) is 5.22. The second-order valence-corrected chi connectivity index (χ2v) is 3.19. The van der Waals surface area contributed by atoms with Crippen LogP contribution in [0, 0.1) is 0 Å². The van der Waals surface area contributed by atoms with Gasteiger partial charge >= 0.3 is 0 Å². The van der Waals surface area contributed by atoms with Crippen LogP contribution in [0.2, 0.25) is 0 Å². The van der Waals surface area contributed by atoms with Gasteiger partial charge in [-0.25, -0.2) is 0 Å². The van der Waals surface area contributed by atoms with Crippen molar-refractivity contribution in [1.82, 2.24) is 10.3 Å². The van der Waals surface area contributed by atoms with Crippen LogP contribution in [-0.4, -0.2) is 24.7 Å². The van der Waals surface area contributed by atoms with E-state index in [1.807, 2.05) is 24.3 Å². The van der Waals surface area contributed by atoms with Gasteiger partial charge in [0.25, 0.3) is 0 Å². The number of hydrogen-bond acceptors (Lipinski definition) is 3. The summed E-state index contributed by atoms with van der Waals surface area (Å²) in [5.41, 5.74) is 1.06. The van der Waals surface area contributed by atoms with Crippen molar-refractivity contribution in [3.63, 3.8) is 0 Å². The Morgan fingerprint density at radius 3 is 3.07 bits per heavy atom. The van der Waals surface area contributed by atoms with Crippen molar-refractivity contribution in [1.29, 1.82) is 0 Å². The van der Waals surface area contributed by atoms with Crippen LogP contribution >= 0.6 is 0 Å². The zero-order valence-electron chi connectivity index (χ0n) is 8.98. The van der Waals surface area contributed by atoms with Gasteiger partial charge in [0.1, 0.15) is 0 Å². The van der Waals surface area contributed by atoms with Crippen LogP contribution in [0.4, 0.5) is 0 Å². The van der Waals surface area contributed by atoms with Crippen LogP contribution in [0.15, 0.2) is 37.1 Å². The third-order valence-electron chi connectivity index (χ3n) is 1.92. The summed E-state index contributed by atoms with van der Waals surface area (Å²) in [6, 6.07) is 5.91. The lowest BCUT2D eigenvalue weighted by Gasteiger charge is -2.04. The van der Waals surface area contributed by atoms with Crippen LogP contribution in [0.1, 0.15) is 12.1 Å². The molecule has 0 unspecified atom stereocenters. The molecule has 0 aliphatic rings. The van der Waals surface area contributed by atoms with E-state index in [9.17, 15) is 0 Å². The maximum absolute atomic E-state index is 5.36. The minimum absolute atomic E-state index is 0.737. The monoisotopic (exact) mass is 206 g/mol. The zero-order chi connectivity index (χ0) is 10.8. The Kier molecular flexibility index (Phi) is 6.45. The van der Waals surface area contributed by atoms with Crippen LogP contribution in [-0.2, 0) is 11.3 Å². The topological polar surface area (TPSA) is 34.1 Å². The summed E-state index contributed by atoms with van der Waals surface area (Å²) >= 11 is 0. The van der Waals surface area contributed by atoms with Crippen molar-refractivity contribution in [2.75, 3.05) is 19.8 Å². The molecular weight excluding hydrogens is 188 g/mol. The molecule has 0 saturated carbocycles. The van der Waals surface area contributed by atoms with E-state index in [1.165, 1.54) is 0 Å². The molecule has 0 aliphatic carbocycles. The molecule has 1 aromatic heterocycles. The summed E-state index contributed by atoms with van der Waals surface area (Å²) in [5.74, 6) is 0. The Balaban J connectivity index is 1.95. The molecule has 3 heteroatoms. The predicted octanol–water partition coefficient (Wildman–Crippen LogP) is 1.76. The quantitative estimate of drug-likeness (QED) is 0.520. The first-order chi connectivity index (χ1) is 7.43. The van der Waals surface area contributed by atoms with Crippen LogP contribution in [0.3, 0.4) is 0 Å². The Morgan fingerprint density at radius 2 is 2.33 bits per heavy atom. The molecule has 82 valence electrons. The molecule has 0 atom stereocenters. The van der Waals surface area contributed by atoms with Gasteiger partial charge in [-0.05, 0) is 18.6 Å². The predicted molar refractivity (Wildman–Crippen MR) is 61.6 cm³/mol. The highest BCUT2D eigenvalue weighted by Gasteiger charge is 1.91. The largest absolute Gasteiger partial charge is 0.380 e. The molecule has 0 aliphatic heterocycles. The number of hydrogen-bond donors (Lipinski definition) is 1. The highest BCUT2D eigenvalue weighted by Crippen LogP contribution is 1.91. The van der Waals surface area contributed by atoms with Crippen LogP contribution < -0.4 is 5.32 Å². The molecule has 0 bridgehead atoms. The van der Waals surface area contributed by atoms with Gasteiger partial charge in [-0.3, -0.25) is 4.98 Å². The fraction of sp³-hybridized carbons (Fsp3) is 0.417. The molecule has 1 rings (SSSR count). The zero-order valence-corrected chi connectivity index (χ0v) is 8.98. The number of rotatable bonds is 8. The van der Waals surface area contributed by atoms with E-state index in [0.717, 1.165) is 38.4 Å². The molecule has 0 fully saturated rings. The maximum atomic E-state index is 5.36.